The monoisotopic (exact) mass is 371 g/mol. The van der Waals surface area contributed by atoms with Gasteiger partial charge in [0.15, 0.2) is 11.6 Å². The fourth-order valence-electron chi connectivity index (χ4n) is 3.10. The van der Waals surface area contributed by atoms with Crippen LogP contribution in [0.15, 0.2) is 48.5 Å². The first kappa shape index (κ1) is 16.2. The number of benzene rings is 2. The first-order valence-corrected chi connectivity index (χ1v) is 8.81. The molecule has 4 rings (SSSR count). The third kappa shape index (κ3) is 3.03. The maximum Gasteiger partial charge on any atom is 0.168 e. The second-order valence-corrected chi connectivity index (χ2v) is 6.76. The summed E-state index contributed by atoms with van der Waals surface area (Å²) in [5.74, 6) is 0.674. The van der Waals surface area contributed by atoms with Gasteiger partial charge in [-0.2, -0.15) is 0 Å². The van der Waals surface area contributed by atoms with Gasteiger partial charge in [-0.1, -0.05) is 41.4 Å². The Morgan fingerprint density at radius 3 is 2.56 bits per heavy atom. The average Bonchev–Trinajstić information content (AvgIpc) is 2.99. The fourth-order valence-corrected chi connectivity index (χ4v) is 3.40. The Labute approximate surface area is 155 Å². The summed E-state index contributed by atoms with van der Waals surface area (Å²) in [6.45, 7) is 0. The van der Waals surface area contributed by atoms with E-state index in [-0.39, 0.29) is 5.78 Å². The number of nitrogens with one attached hydrogen (secondary N) is 1. The third-order valence-corrected chi connectivity index (χ3v) is 5.00. The van der Waals surface area contributed by atoms with Gasteiger partial charge in [0.25, 0.3) is 0 Å². The predicted octanol–water partition coefficient (Wildman–Crippen LogP) is 5.44. The van der Waals surface area contributed by atoms with Gasteiger partial charge in [0.1, 0.15) is 0 Å². The van der Waals surface area contributed by atoms with E-state index in [9.17, 15) is 4.79 Å². The number of carbonyl (C=O) groups is 1. The lowest BCUT2D eigenvalue weighted by atomic mass is 9.95. The number of anilines is 2. The molecule has 3 aromatic rings. The highest BCUT2D eigenvalue weighted by molar-refractivity contribution is 6.42. The van der Waals surface area contributed by atoms with Crippen LogP contribution in [-0.4, -0.2) is 15.6 Å². The van der Waals surface area contributed by atoms with Gasteiger partial charge in [0.2, 0.25) is 0 Å². The summed E-state index contributed by atoms with van der Waals surface area (Å²) in [4.78, 5) is 12.5. The number of hydrogen-bond donors (Lipinski definition) is 1. The summed E-state index contributed by atoms with van der Waals surface area (Å²) < 4.78 is 1.85. The Morgan fingerprint density at radius 2 is 1.80 bits per heavy atom. The molecule has 0 bridgehead atoms. The van der Waals surface area contributed by atoms with Gasteiger partial charge in [-0.3, -0.25) is 4.79 Å². The molecule has 0 saturated carbocycles. The number of fused-ring (bicyclic) bond motifs is 1. The van der Waals surface area contributed by atoms with Crippen molar-refractivity contribution in [2.45, 2.75) is 19.3 Å². The molecule has 126 valence electrons. The van der Waals surface area contributed by atoms with Gasteiger partial charge in [-0.25, -0.2) is 4.68 Å². The van der Waals surface area contributed by atoms with Gasteiger partial charge in [0.05, 0.1) is 27.0 Å². The Bertz CT molecular complexity index is 951. The SMILES string of the molecule is O=C1CCCc2c1c(Nc1ccc(Cl)c(Cl)c1)nn2-c1ccccc1. The molecule has 4 nitrogen and oxygen atoms in total. The summed E-state index contributed by atoms with van der Waals surface area (Å²) >= 11 is 12.1. The van der Waals surface area contributed by atoms with Crippen molar-refractivity contribution < 1.29 is 4.79 Å². The molecule has 1 aliphatic carbocycles. The Morgan fingerprint density at radius 1 is 1.00 bits per heavy atom. The number of ketones is 1. The second-order valence-electron chi connectivity index (χ2n) is 5.95. The first-order chi connectivity index (χ1) is 12.1. The minimum atomic E-state index is 0.117. The summed E-state index contributed by atoms with van der Waals surface area (Å²) in [7, 11) is 0. The van der Waals surface area contributed by atoms with Crippen LogP contribution < -0.4 is 5.32 Å². The van der Waals surface area contributed by atoms with Crippen molar-refractivity contribution in [1.29, 1.82) is 0 Å². The zero-order valence-electron chi connectivity index (χ0n) is 13.3. The van der Waals surface area contributed by atoms with Crippen LogP contribution in [0.2, 0.25) is 10.0 Å². The lowest BCUT2D eigenvalue weighted by Gasteiger charge is -2.13. The Balaban J connectivity index is 1.81. The zero-order valence-corrected chi connectivity index (χ0v) is 14.8. The van der Waals surface area contributed by atoms with E-state index in [4.69, 9.17) is 23.2 Å². The van der Waals surface area contributed by atoms with Gasteiger partial charge in [0, 0.05) is 12.1 Å². The molecule has 25 heavy (non-hydrogen) atoms. The predicted molar refractivity (Wildman–Crippen MR) is 101 cm³/mol. The minimum Gasteiger partial charge on any atom is -0.338 e. The summed E-state index contributed by atoms with van der Waals surface area (Å²) in [5.41, 5.74) is 3.30. The molecule has 2 aromatic carbocycles. The van der Waals surface area contributed by atoms with E-state index < -0.39 is 0 Å². The summed E-state index contributed by atoms with van der Waals surface area (Å²) in [6, 6.07) is 15.1. The number of hydrogen-bond acceptors (Lipinski definition) is 3. The Kier molecular flexibility index (Phi) is 4.24. The number of para-hydroxylation sites is 1. The molecule has 0 atom stereocenters. The number of nitrogens with zero attached hydrogens (tertiary/aromatic N) is 2. The highest BCUT2D eigenvalue weighted by atomic mass is 35.5. The highest BCUT2D eigenvalue weighted by Gasteiger charge is 2.27. The van der Waals surface area contributed by atoms with E-state index in [1.165, 1.54) is 0 Å². The van der Waals surface area contributed by atoms with Crippen LogP contribution in [-0.2, 0) is 6.42 Å². The number of Topliss-reactive ketones (excluding diaryl/α,β-unsaturated/α-hetero) is 1. The molecular formula is C19H15Cl2N3O. The fraction of sp³-hybridized carbons (Fsp3) is 0.158. The largest absolute Gasteiger partial charge is 0.338 e. The van der Waals surface area contributed by atoms with Crippen molar-refractivity contribution in [3.63, 3.8) is 0 Å². The molecule has 0 radical (unpaired) electrons. The van der Waals surface area contributed by atoms with E-state index in [1.54, 1.807) is 12.1 Å². The van der Waals surface area contributed by atoms with Crippen LogP contribution >= 0.6 is 23.2 Å². The molecule has 0 aliphatic heterocycles. The van der Waals surface area contributed by atoms with Crippen LogP contribution in [0, 0.1) is 0 Å². The first-order valence-electron chi connectivity index (χ1n) is 8.06. The molecule has 0 fully saturated rings. The molecular weight excluding hydrogens is 357 g/mol. The van der Waals surface area contributed by atoms with Crippen LogP contribution in [0.5, 0.6) is 0 Å². The molecule has 0 unspecified atom stereocenters. The standard InChI is InChI=1S/C19H15Cl2N3O/c20-14-10-9-12(11-15(14)21)22-19-18-16(7-4-8-17(18)25)24(23-19)13-5-2-1-3-6-13/h1-3,5-6,9-11H,4,7-8H2,(H,22,23). The van der Waals surface area contributed by atoms with Crippen LogP contribution in [0.25, 0.3) is 5.69 Å². The topological polar surface area (TPSA) is 46.9 Å². The zero-order chi connectivity index (χ0) is 17.4. The van der Waals surface area contributed by atoms with Crippen LogP contribution in [0.1, 0.15) is 28.9 Å². The smallest absolute Gasteiger partial charge is 0.168 e. The van der Waals surface area contributed by atoms with Crippen LogP contribution in [0.3, 0.4) is 0 Å². The number of aromatic nitrogens is 2. The van der Waals surface area contributed by atoms with Gasteiger partial charge in [-0.15, -0.1) is 5.10 Å². The second kappa shape index (κ2) is 6.54. The van der Waals surface area contributed by atoms with Gasteiger partial charge in [-0.05, 0) is 43.2 Å². The third-order valence-electron chi connectivity index (χ3n) is 4.26. The molecule has 1 aromatic heterocycles. The normalized spacial score (nSPS) is 13.6. The highest BCUT2D eigenvalue weighted by Crippen LogP contribution is 2.33. The van der Waals surface area contributed by atoms with Crippen molar-refractivity contribution in [3.05, 3.63) is 69.8 Å². The average molecular weight is 372 g/mol. The van der Waals surface area contributed by atoms with Crippen LogP contribution in [0.4, 0.5) is 11.5 Å². The molecule has 0 amide bonds. The van der Waals surface area contributed by atoms with Gasteiger partial charge >= 0.3 is 0 Å². The number of halogens is 2. The van der Waals surface area contributed by atoms with Crippen molar-refractivity contribution in [3.8, 4) is 5.69 Å². The molecule has 6 heteroatoms. The molecule has 1 heterocycles. The molecule has 1 aliphatic rings. The van der Waals surface area contributed by atoms with Crippen molar-refractivity contribution >= 4 is 40.5 Å². The van der Waals surface area contributed by atoms with E-state index in [2.05, 4.69) is 10.4 Å². The maximum atomic E-state index is 12.5. The molecule has 0 spiro atoms. The lowest BCUT2D eigenvalue weighted by Crippen LogP contribution is -2.13. The quantitative estimate of drug-likeness (QED) is 0.666. The van der Waals surface area contributed by atoms with Crippen molar-refractivity contribution in [2.75, 3.05) is 5.32 Å². The molecule has 0 saturated heterocycles. The van der Waals surface area contributed by atoms with Crippen molar-refractivity contribution in [2.24, 2.45) is 0 Å². The summed E-state index contributed by atoms with van der Waals surface area (Å²) in [5, 5.41) is 8.83. The lowest BCUT2D eigenvalue weighted by molar-refractivity contribution is 0.0973. The molecule has 1 N–H and O–H groups in total. The van der Waals surface area contributed by atoms with E-state index >= 15 is 0 Å². The van der Waals surface area contributed by atoms with Gasteiger partial charge < -0.3 is 5.32 Å². The van der Waals surface area contributed by atoms with Crippen molar-refractivity contribution in [1.82, 2.24) is 9.78 Å². The Hall–Kier alpha value is -2.30. The van der Waals surface area contributed by atoms with E-state index in [0.717, 1.165) is 29.9 Å². The maximum absolute atomic E-state index is 12.5. The van der Waals surface area contributed by atoms with E-state index in [1.807, 2.05) is 41.1 Å². The van der Waals surface area contributed by atoms with E-state index in [0.29, 0.717) is 27.8 Å². The minimum absolute atomic E-state index is 0.117. The number of carbonyl (C=O) groups excluding carboxylic acids is 1. The summed E-state index contributed by atoms with van der Waals surface area (Å²) in [6.07, 6.45) is 2.21. The number of rotatable bonds is 3.